The van der Waals surface area contributed by atoms with Gasteiger partial charge in [-0.2, -0.15) is 0 Å². The van der Waals surface area contributed by atoms with E-state index in [2.05, 4.69) is 41.9 Å². The Labute approximate surface area is 147 Å². The van der Waals surface area contributed by atoms with E-state index in [1.54, 1.807) is 11.3 Å². The molecule has 0 N–H and O–H groups in total. The summed E-state index contributed by atoms with van der Waals surface area (Å²) in [5.41, 5.74) is 1.98. The Morgan fingerprint density at radius 3 is 2.92 bits per heavy atom. The third-order valence-corrected chi connectivity index (χ3v) is 5.87. The molecule has 1 aromatic heterocycles. The minimum Gasteiger partial charge on any atom is -0.311 e. The monoisotopic (exact) mass is 341 g/mol. The number of fused-ring (bicyclic) bond motifs is 2. The maximum absolute atomic E-state index is 13.4. The number of thiazole rings is 1. The normalized spacial score (nSPS) is 23.6. The summed E-state index contributed by atoms with van der Waals surface area (Å²) in [6.07, 6.45) is 2.76. The van der Waals surface area contributed by atoms with Crippen LogP contribution in [0.4, 0.5) is 5.69 Å². The Balaban J connectivity index is 1.64. The lowest BCUT2D eigenvalue weighted by atomic mass is 9.81. The molecule has 4 rings (SSSR count). The summed E-state index contributed by atoms with van der Waals surface area (Å²) in [6, 6.07) is 8.37. The first-order valence-corrected chi connectivity index (χ1v) is 9.50. The van der Waals surface area contributed by atoms with Crippen LogP contribution in [0.1, 0.15) is 30.8 Å². The van der Waals surface area contributed by atoms with E-state index in [0.717, 1.165) is 43.3 Å². The molecule has 0 bridgehead atoms. The Morgan fingerprint density at radius 1 is 1.33 bits per heavy atom. The van der Waals surface area contributed by atoms with Gasteiger partial charge in [0.15, 0.2) is 0 Å². The van der Waals surface area contributed by atoms with Gasteiger partial charge in [0.1, 0.15) is 5.01 Å². The third-order valence-electron chi connectivity index (χ3n) is 5.10. The molecule has 0 radical (unpaired) electrons. The van der Waals surface area contributed by atoms with Crippen LogP contribution in [-0.4, -0.2) is 35.4 Å². The molecule has 1 fully saturated rings. The summed E-state index contributed by atoms with van der Waals surface area (Å²) >= 11 is 1.69. The highest BCUT2D eigenvalue weighted by Crippen LogP contribution is 2.47. The van der Waals surface area contributed by atoms with Crippen LogP contribution in [0.5, 0.6) is 0 Å². The summed E-state index contributed by atoms with van der Waals surface area (Å²) in [7, 11) is 0. The number of carbonyl (C=O) groups is 1. The van der Waals surface area contributed by atoms with Gasteiger partial charge in [0.05, 0.1) is 12.0 Å². The predicted molar refractivity (Wildman–Crippen MR) is 97.3 cm³/mol. The fourth-order valence-electron chi connectivity index (χ4n) is 4.08. The van der Waals surface area contributed by atoms with E-state index in [1.807, 2.05) is 22.5 Å². The molecule has 5 heteroatoms. The number of hydrogen-bond acceptors (Lipinski definition) is 4. The first-order valence-electron chi connectivity index (χ1n) is 8.62. The number of para-hydroxylation sites is 1. The number of carbonyl (C=O) groups excluding carboxylic acids is 1. The minimum atomic E-state index is -0.358. The van der Waals surface area contributed by atoms with E-state index in [9.17, 15) is 4.79 Å². The van der Waals surface area contributed by atoms with Crippen molar-refractivity contribution in [3.05, 3.63) is 46.4 Å². The van der Waals surface area contributed by atoms with Crippen molar-refractivity contribution in [3.63, 3.8) is 0 Å². The third kappa shape index (κ3) is 2.47. The number of amides is 1. The van der Waals surface area contributed by atoms with Crippen LogP contribution in [0.3, 0.4) is 0 Å². The summed E-state index contributed by atoms with van der Waals surface area (Å²) in [5.74, 6) is 0.754. The van der Waals surface area contributed by atoms with E-state index in [-0.39, 0.29) is 5.41 Å². The van der Waals surface area contributed by atoms with Gasteiger partial charge in [-0.25, -0.2) is 4.98 Å². The van der Waals surface area contributed by atoms with Crippen LogP contribution in [0, 0.1) is 5.92 Å². The Hall–Kier alpha value is -1.72. The smallest absolute Gasteiger partial charge is 0.239 e. The van der Waals surface area contributed by atoms with Crippen molar-refractivity contribution in [2.45, 2.75) is 32.2 Å². The van der Waals surface area contributed by atoms with Crippen molar-refractivity contribution in [2.24, 2.45) is 5.92 Å². The SMILES string of the molecule is CC(C)CN1C(=O)[C@@]2(CCN(Cc3nccs3)C2)c2ccccc21. The zero-order valence-corrected chi connectivity index (χ0v) is 15.1. The van der Waals surface area contributed by atoms with Crippen molar-refractivity contribution >= 4 is 22.9 Å². The number of aromatic nitrogens is 1. The molecule has 1 spiro atoms. The second-order valence-electron chi connectivity index (χ2n) is 7.30. The van der Waals surface area contributed by atoms with Gasteiger partial charge in [0, 0.05) is 36.9 Å². The van der Waals surface area contributed by atoms with Gasteiger partial charge in [0.2, 0.25) is 5.91 Å². The highest BCUT2D eigenvalue weighted by atomic mass is 32.1. The van der Waals surface area contributed by atoms with Gasteiger partial charge < -0.3 is 4.90 Å². The Bertz CT molecular complexity index is 743. The fourth-order valence-corrected chi connectivity index (χ4v) is 4.74. The molecule has 0 aliphatic carbocycles. The molecule has 0 saturated carbocycles. The highest BCUT2D eigenvalue weighted by molar-refractivity contribution is 7.09. The van der Waals surface area contributed by atoms with Gasteiger partial charge in [-0.3, -0.25) is 9.69 Å². The van der Waals surface area contributed by atoms with Gasteiger partial charge in [-0.15, -0.1) is 11.3 Å². The molecule has 1 aromatic carbocycles. The maximum atomic E-state index is 13.4. The van der Waals surface area contributed by atoms with E-state index in [1.165, 1.54) is 5.56 Å². The number of hydrogen-bond donors (Lipinski definition) is 0. The molecule has 24 heavy (non-hydrogen) atoms. The number of anilines is 1. The summed E-state index contributed by atoms with van der Waals surface area (Å²) in [5, 5.41) is 3.14. The average molecular weight is 341 g/mol. The van der Waals surface area contributed by atoms with Crippen molar-refractivity contribution in [3.8, 4) is 0 Å². The summed E-state index contributed by atoms with van der Waals surface area (Å²) in [6.45, 7) is 7.74. The van der Waals surface area contributed by atoms with Crippen LogP contribution in [0.2, 0.25) is 0 Å². The van der Waals surface area contributed by atoms with E-state index < -0.39 is 0 Å². The van der Waals surface area contributed by atoms with Crippen LogP contribution >= 0.6 is 11.3 Å². The van der Waals surface area contributed by atoms with Crippen LogP contribution in [-0.2, 0) is 16.8 Å². The van der Waals surface area contributed by atoms with Gasteiger partial charge in [0.25, 0.3) is 0 Å². The summed E-state index contributed by atoms with van der Waals surface area (Å²) < 4.78 is 0. The first-order chi connectivity index (χ1) is 11.6. The molecule has 1 amide bonds. The largest absolute Gasteiger partial charge is 0.311 e. The number of nitrogens with zero attached hydrogens (tertiary/aromatic N) is 3. The quantitative estimate of drug-likeness (QED) is 0.856. The van der Waals surface area contributed by atoms with Gasteiger partial charge >= 0.3 is 0 Å². The molecular weight excluding hydrogens is 318 g/mol. The van der Waals surface area contributed by atoms with Crippen molar-refractivity contribution in [1.82, 2.24) is 9.88 Å². The first kappa shape index (κ1) is 15.8. The Morgan fingerprint density at radius 2 is 2.17 bits per heavy atom. The van der Waals surface area contributed by atoms with Gasteiger partial charge in [-0.1, -0.05) is 32.0 Å². The van der Waals surface area contributed by atoms with E-state index >= 15 is 0 Å². The predicted octanol–water partition coefficient (Wildman–Crippen LogP) is 3.29. The number of likely N-dealkylation sites (tertiary alicyclic amines) is 1. The lowest BCUT2D eigenvalue weighted by molar-refractivity contribution is -0.122. The van der Waals surface area contributed by atoms with Crippen LogP contribution in [0.25, 0.3) is 0 Å². The molecular formula is C19H23N3OS. The van der Waals surface area contributed by atoms with Gasteiger partial charge in [-0.05, 0) is 24.0 Å². The van der Waals surface area contributed by atoms with Crippen LogP contribution in [0.15, 0.2) is 35.8 Å². The van der Waals surface area contributed by atoms with Crippen molar-refractivity contribution < 1.29 is 4.79 Å². The molecule has 126 valence electrons. The maximum Gasteiger partial charge on any atom is 0.239 e. The molecule has 2 aliphatic heterocycles. The molecule has 2 aliphatic rings. The molecule has 4 nitrogen and oxygen atoms in total. The molecule has 1 atom stereocenters. The second kappa shape index (κ2) is 5.97. The number of benzene rings is 1. The van der Waals surface area contributed by atoms with E-state index in [0.29, 0.717) is 11.8 Å². The standard InChI is InChI=1S/C19H23N3OS/c1-14(2)11-22-16-6-4-3-5-15(16)19(18(22)23)7-9-21(13-19)12-17-20-8-10-24-17/h3-6,8,10,14H,7,9,11-13H2,1-2H3/t19-/m1/s1. The topological polar surface area (TPSA) is 36.4 Å². The number of rotatable bonds is 4. The Kier molecular flexibility index (Phi) is 3.93. The molecule has 0 unspecified atom stereocenters. The molecule has 2 aromatic rings. The van der Waals surface area contributed by atoms with E-state index in [4.69, 9.17) is 0 Å². The summed E-state index contributed by atoms with van der Waals surface area (Å²) in [4.78, 5) is 22.2. The zero-order valence-electron chi connectivity index (χ0n) is 14.2. The molecule has 3 heterocycles. The van der Waals surface area contributed by atoms with Crippen molar-refractivity contribution in [2.75, 3.05) is 24.5 Å². The van der Waals surface area contributed by atoms with Crippen molar-refractivity contribution in [1.29, 1.82) is 0 Å². The van der Waals surface area contributed by atoms with Crippen LogP contribution < -0.4 is 4.90 Å². The zero-order chi connectivity index (χ0) is 16.7. The fraction of sp³-hybridized carbons (Fsp3) is 0.474. The lowest BCUT2D eigenvalue weighted by Crippen LogP contribution is -2.43. The minimum absolute atomic E-state index is 0.291. The highest BCUT2D eigenvalue weighted by Gasteiger charge is 2.54. The second-order valence-corrected chi connectivity index (χ2v) is 8.27. The molecule has 1 saturated heterocycles. The lowest BCUT2D eigenvalue weighted by Gasteiger charge is -2.25. The average Bonchev–Trinajstić information content (AvgIpc) is 3.26.